The van der Waals surface area contributed by atoms with Crippen molar-refractivity contribution in [1.82, 2.24) is 14.5 Å². The molecule has 0 spiro atoms. The van der Waals surface area contributed by atoms with Crippen LogP contribution in [0.3, 0.4) is 0 Å². The first-order chi connectivity index (χ1) is 23.3. The Labute approximate surface area is 271 Å². The van der Waals surface area contributed by atoms with Gasteiger partial charge in [0.1, 0.15) is 0 Å². The highest BCUT2D eigenvalue weighted by molar-refractivity contribution is 6.27. The van der Waals surface area contributed by atoms with E-state index in [1.807, 2.05) is 24.3 Å². The van der Waals surface area contributed by atoms with Crippen LogP contribution in [-0.2, 0) is 0 Å². The summed E-state index contributed by atoms with van der Waals surface area (Å²) in [7, 11) is 0. The molecule has 3 heteroatoms. The highest BCUT2D eigenvalue weighted by atomic mass is 15.0. The first kappa shape index (κ1) is 26.0. The van der Waals surface area contributed by atoms with Crippen LogP contribution in [0.4, 0.5) is 0 Å². The highest BCUT2D eigenvalue weighted by Crippen LogP contribution is 2.41. The molecule has 3 nitrogen and oxygen atoms in total. The van der Waals surface area contributed by atoms with Gasteiger partial charge < -0.3 is 4.57 Å². The third kappa shape index (κ3) is 3.93. The van der Waals surface area contributed by atoms with Crippen molar-refractivity contribution < 1.29 is 0 Å². The van der Waals surface area contributed by atoms with Gasteiger partial charge in [0.25, 0.3) is 0 Å². The summed E-state index contributed by atoms with van der Waals surface area (Å²) in [5.41, 5.74) is 7.40. The molecule has 10 rings (SSSR count). The Bertz CT molecular complexity index is 2830. The Morgan fingerprint density at radius 2 is 1.04 bits per heavy atom. The van der Waals surface area contributed by atoms with E-state index in [1.54, 1.807) is 0 Å². The van der Waals surface area contributed by atoms with Crippen molar-refractivity contribution in [3.63, 3.8) is 0 Å². The van der Waals surface area contributed by atoms with Gasteiger partial charge in [-0.15, -0.1) is 0 Å². The lowest BCUT2D eigenvalue weighted by Crippen LogP contribution is -1.98. The summed E-state index contributed by atoms with van der Waals surface area (Å²) in [5.74, 6) is 0.728. The Morgan fingerprint density at radius 1 is 0.404 bits per heavy atom. The molecule has 0 radical (unpaired) electrons. The van der Waals surface area contributed by atoms with Crippen molar-refractivity contribution in [2.75, 3.05) is 0 Å². The Kier molecular flexibility index (Phi) is 5.57. The van der Waals surface area contributed by atoms with Gasteiger partial charge >= 0.3 is 0 Å². The molecule has 2 heterocycles. The lowest BCUT2D eigenvalue weighted by Gasteiger charge is -2.14. The summed E-state index contributed by atoms with van der Waals surface area (Å²) in [6, 6.07) is 58.4. The molecule has 0 bridgehead atoms. The van der Waals surface area contributed by atoms with Crippen molar-refractivity contribution in [3.05, 3.63) is 164 Å². The van der Waals surface area contributed by atoms with Crippen LogP contribution in [0.2, 0.25) is 0 Å². The van der Waals surface area contributed by atoms with E-state index in [4.69, 9.17) is 9.97 Å². The van der Waals surface area contributed by atoms with Crippen LogP contribution >= 0.6 is 0 Å². The number of rotatable bonds is 3. The summed E-state index contributed by atoms with van der Waals surface area (Å²) in [5, 5.41) is 11.1. The Hall–Kier alpha value is -6.32. The normalized spacial score (nSPS) is 11.8. The molecule has 0 aliphatic carbocycles. The van der Waals surface area contributed by atoms with Crippen LogP contribution in [-0.4, -0.2) is 14.5 Å². The van der Waals surface area contributed by atoms with Gasteiger partial charge in [-0.25, -0.2) is 9.97 Å². The molecule has 0 fully saturated rings. The molecule has 0 N–H and O–H groups in total. The number of hydrogen-bond donors (Lipinski definition) is 0. The second-order valence-corrected chi connectivity index (χ2v) is 12.2. The van der Waals surface area contributed by atoms with Crippen LogP contribution in [0.5, 0.6) is 0 Å². The molecule has 0 saturated carbocycles. The van der Waals surface area contributed by atoms with Crippen molar-refractivity contribution in [1.29, 1.82) is 0 Å². The number of hydrogen-bond acceptors (Lipinski definition) is 2. The zero-order chi connectivity index (χ0) is 30.9. The van der Waals surface area contributed by atoms with Gasteiger partial charge in [-0.05, 0) is 51.2 Å². The maximum absolute atomic E-state index is 5.18. The summed E-state index contributed by atoms with van der Waals surface area (Å²) in [6.45, 7) is 0. The smallest absolute Gasteiger partial charge is 0.160 e. The van der Waals surface area contributed by atoms with Crippen LogP contribution in [0, 0.1) is 0 Å². The Morgan fingerprint density at radius 3 is 1.89 bits per heavy atom. The third-order valence-electron chi connectivity index (χ3n) is 9.55. The molecule has 8 aromatic carbocycles. The second-order valence-electron chi connectivity index (χ2n) is 12.2. The SMILES string of the molecule is c1ccc(-c2nc(-c3ccccc3)c3cc(-n4c5ccccc5c5ccc6c(ccc7ccc8ccccc8c76)c54)ccc3n2)cc1. The minimum absolute atomic E-state index is 0.728. The van der Waals surface area contributed by atoms with E-state index in [0.717, 1.165) is 39.2 Å². The molecule has 0 saturated heterocycles. The van der Waals surface area contributed by atoms with Gasteiger partial charge in [-0.2, -0.15) is 0 Å². The molecule has 0 aliphatic heterocycles. The van der Waals surface area contributed by atoms with E-state index in [1.165, 1.54) is 54.1 Å². The summed E-state index contributed by atoms with van der Waals surface area (Å²) >= 11 is 0. The van der Waals surface area contributed by atoms with E-state index < -0.39 is 0 Å². The number of para-hydroxylation sites is 1. The average Bonchev–Trinajstić information content (AvgIpc) is 3.49. The largest absolute Gasteiger partial charge is 0.309 e. The molecule has 0 amide bonds. The number of fused-ring (bicyclic) bond motifs is 10. The fraction of sp³-hybridized carbons (Fsp3) is 0. The first-order valence-corrected chi connectivity index (χ1v) is 16.0. The van der Waals surface area contributed by atoms with Crippen LogP contribution in [0.25, 0.3) is 93.4 Å². The lowest BCUT2D eigenvalue weighted by atomic mass is 9.95. The fourth-order valence-corrected chi connectivity index (χ4v) is 7.43. The number of aromatic nitrogens is 3. The predicted molar refractivity (Wildman–Crippen MR) is 197 cm³/mol. The molecule has 47 heavy (non-hydrogen) atoms. The van der Waals surface area contributed by atoms with Crippen molar-refractivity contribution in [2.24, 2.45) is 0 Å². The van der Waals surface area contributed by atoms with Crippen LogP contribution in [0.15, 0.2) is 164 Å². The minimum atomic E-state index is 0.728. The summed E-state index contributed by atoms with van der Waals surface area (Å²) in [6.07, 6.45) is 0. The van der Waals surface area contributed by atoms with Gasteiger partial charge in [-0.1, -0.05) is 140 Å². The zero-order valence-electron chi connectivity index (χ0n) is 25.4. The van der Waals surface area contributed by atoms with E-state index >= 15 is 0 Å². The highest BCUT2D eigenvalue weighted by Gasteiger charge is 2.18. The zero-order valence-corrected chi connectivity index (χ0v) is 25.4. The summed E-state index contributed by atoms with van der Waals surface area (Å²) in [4.78, 5) is 10.3. The standard InChI is InChI=1S/C44H27N3/c1-3-12-30(13-4-1)42-38-27-32(22-26-39(38)45-44(46-42)31-14-5-2-6-15-31)47-40-18-10-9-17-34(40)36-25-24-35-37(43(36)47)23-21-29-20-19-28-11-7-8-16-33(28)41(29)35/h1-27H. The van der Waals surface area contributed by atoms with Crippen LogP contribution < -0.4 is 0 Å². The monoisotopic (exact) mass is 597 g/mol. The van der Waals surface area contributed by atoms with Crippen molar-refractivity contribution in [3.8, 4) is 28.3 Å². The minimum Gasteiger partial charge on any atom is -0.309 e. The van der Waals surface area contributed by atoms with Gasteiger partial charge in [0.15, 0.2) is 5.82 Å². The summed E-state index contributed by atoms with van der Waals surface area (Å²) < 4.78 is 2.43. The average molecular weight is 598 g/mol. The molecule has 2 aromatic heterocycles. The topological polar surface area (TPSA) is 30.7 Å². The van der Waals surface area contributed by atoms with E-state index in [0.29, 0.717) is 0 Å². The first-order valence-electron chi connectivity index (χ1n) is 16.0. The van der Waals surface area contributed by atoms with Crippen molar-refractivity contribution >= 4 is 65.0 Å². The van der Waals surface area contributed by atoms with Gasteiger partial charge in [0, 0.05) is 38.4 Å². The number of benzene rings is 8. The predicted octanol–water partition coefficient (Wildman–Crippen LogP) is 11.5. The maximum Gasteiger partial charge on any atom is 0.160 e. The Balaban J connectivity index is 1.31. The third-order valence-corrected chi connectivity index (χ3v) is 9.55. The molecule has 10 aromatic rings. The van der Waals surface area contributed by atoms with Crippen LogP contribution in [0.1, 0.15) is 0 Å². The molecular weight excluding hydrogens is 571 g/mol. The number of nitrogens with zero attached hydrogens (tertiary/aromatic N) is 3. The van der Waals surface area contributed by atoms with Gasteiger partial charge in [-0.3, -0.25) is 0 Å². The molecule has 0 aliphatic rings. The molecule has 0 atom stereocenters. The van der Waals surface area contributed by atoms with E-state index in [-0.39, 0.29) is 0 Å². The van der Waals surface area contributed by atoms with Gasteiger partial charge in [0.2, 0.25) is 0 Å². The molecular formula is C44H27N3. The van der Waals surface area contributed by atoms with E-state index in [2.05, 4.69) is 144 Å². The molecule has 0 unspecified atom stereocenters. The lowest BCUT2D eigenvalue weighted by molar-refractivity contribution is 1.18. The van der Waals surface area contributed by atoms with E-state index in [9.17, 15) is 0 Å². The quantitative estimate of drug-likeness (QED) is 0.190. The molecule has 218 valence electrons. The second kappa shape index (κ2) is 10.1. The van der Waals surface area contributed by atoms with Crippen molar-refractivity contribution in [2.45, 2.75) is 0 Å². The van der Waals surface area contributed by atoms with Gasteiger partial charge in [0.05, 0.1) is 22.2 Å². The maximum atomic E-state index is 5.18. The fourth-order valence-electron chi connectivity index (χ4n) is 7.43.